The second-order valence-corrected chi connectivity index (χ2v) is 9.54. The van der Waals surface area contributed by atoms with Crippen LogP contribution in [0.3, 0.4) is 0 Å². The van der Waals surface area contributed by atoms with Gasteiger partial charge in [0, 0.05) is 11.4 Å². The van der Waals surface area contributed by atoms with Crippen molar-refractivity contribution in [1.82, 2.24) is 5.32 Å². The Morgan fingerprint density at radius 1 is 1.19 bits per heavy atom. The zero-order chi connectivity index (χ0) is 22.0. The Balaban J connectivity index is 1.43. The molecule has 1 aliphatic heterocycles. The second-order valence-electron chi connectivity index (χ2n) is 7.31. The van der Waals surface area contributed by atoms with E-state index in [0.29, 0.717) is 34.6 Å². The third kappa shape index (κ3) is 4.72. The Morgan fingerprint density at radius 2 is 1.97 bits per heavy atom. The van der Waals surface area contributed by atoms with Crippen molar-refractivity contribution in [3.8, 4) is 22.6 Å². The first-order valence-corrected chi connectivity index (χ1v) is 11.5. The van der Waals surface area contributed by atoms with Gasteiger partial charge in [-0.15, -0.1) is 0 Å². The Labute approximate surface area is 178 Å². The first-order valence-electron chi connectivity index (χ1n) is 9.68. The van der Waals surface area contributed by atoms with Crippen molar-refractivity contribution < 1.29 is 27.1 Å². The van der Waals surface area contributed by atoms with Crippen LogP contribution in [0.25, 0.3) is 22.1 Å². The molecule has 31 heavy (non-hydrogen) atoms. The number of hydrogen-bond donors (Lipinski definition) is 1. The first-order chi connectivity index (χ1) is 14.8. The third-order valence-corrected chi connectivity index (χ3v) is 6.84. The van der Waals surface area contributed by atoms with Gasteiger partial charge >= 0.3 is 5.63 Å². The van der Waals surface area contributed by atoms with E-state index in [1.165, 1.54) is 7.11 Å². The molecule has 1 aliphatic rings. The Hall–Kier alpha value is -3.33. The van der Waals surface area contributed by atoms with E-state index in [4.69, 9.17) is 13.9 Å². The molecule has 1 amide bonds. The van der Waals surface area contributed by atoms with Gasteiger partial charge in [0.25, 0.3) is 5.91 Å². The monoisotopic (exact) mass is 443 g/mol. The van der Waals surface area contributed by atoms with Crippen LogP contribution in [-0.2, 0) is 14.6 Å². The molecule has 1 aromatic heterocycles. The molecule has 2 aromatic carbocycles. The van der Waals surface area contributed by atoms with Gasteiger partial charge in [-0.2, -0.15) is 0 Å². The lowest BCUT2D eigenvalue weighted by atomic mass is 10.1. The van der Waals surface area contributed by atoms with Crippen LogP contribution in [0.5, 0.6) is 11.5 Å². The predicted molar refractivity (Wildman–Crippen MR) is 115 cm³/mol. The lowest BCUT2D eigenvalue weighted by Gasteiger charge is -2.12. The number of hydrogen-bond acceptors (Lipinski definition) is 7. The van der Waals surface area contributed by atoms with E-state index in [1.54, 1.807) is 36.4 Å². The fourth-order valence-electron chi connectivity index (χ4n) is 3.54. The van der Waals surface area contributed by atoms with E-state index < -0.39 is 15.5 Å². The van der Waals surface area contributed by atoms with Crippen LogP contribution < -0.4 is 20.4 Å². The number of carbonyl (C=O) groups excluding carboxylic acids is 1. The van der Waals surface area contributed by atoms with E-state index in [1.807, 2.05) is 12.1 Å². The largest absolute Gasteiger partial charge is 0.493 e. The van der Waals surface area contributed by atoms with E-state index in [-0.39, 0.29) is 30.1 Å². The van der Waals surface area contributed by atoms with Gasteiger partial charge < -0.3 is 19.2 Å². The predicted octanol–water partition coefficient (Wildman–Crippen LogP) is 2.15. The average molecular weight is 443 g/mol. The summed E-state index contributed by atoms with van der Waals surface area (Å²) in [6.45, 7) is -0.228. The fraction of sp³-hybridized carbons (Fsp3) is 0.273. The Bertz CT molecular complexity index is 1280. The van der Waals surface area contributed by atoms with Crippen molar-refractivity contribution in [3.05, 3.63) is 59.0 Å². The molecule has 3 aromatic rings. The average Bonchev–Trinajstić information content (AvgIpc) is 3.09. The van der Waals surface area contributed by atoms with Crippen LogP contribution in [-0.4, -0.2) is 45.6 Å². The zero-order valence-electron chi connectivity index (χ0n) is 16.8. The van der Waals surface area contributed by atoms with Crippen LogP contribution in [0.2, 0.25) is 0 Å². The van der Waals surface area contributed by atoms with Crippen LogP contribution in [0.4, 0.5) is 0 Å². The first kappa shape index (κ1) is 20.9. The maximum atomic E-state index is 12.5. The summed E-state index contributed by atoms with van der Waals surface area (Å²) in [5, 5.41) is 3.40. The lowest BCUT2D eigenvalue weighted by molar-refractivity contribution is -0.123. The summed E-state index contributed by atoms with van der Waals surface area (Å²) in [4.78, 5) is 24.5. The highest BCUT2D eigenvalue weighted by molar-refractivity contribution is 7.91. The number of sulfone groups is 1. The summed E-state index contributed by atoms with van der Waals surface area (Å²) in [7, 11) is -1.55. The zero-order valence-corrected chi connectivity index (χ0v) is 17.6. The molecule has 0 saturated carbocycles. The molecule has 2 heterocycles. The van der Waals surface area contributed by atoms with Gasteiger partial charge in [0.05, 0.1) is 24.2 Å². The number of rotatable bonds is 6. The third-order valence-electron chi connectivity index (χ3n) is 5.08. The van der Waals surface area contributed by atoms with Crippen molar-refractivity contribution in [2.45, 2.75) is 12.5 Å². The van der Waals surface area contributed by atoms with Crippen molar-refractivity contribution >= 4 is 26.7 Å². The molecule has 1 fully saturated rings. The number of nitrogens with one attached hydrogen (secondary N) is 1. The molecule has 8 nitrogen and oxygen atoms in total. The van der Waals surface area contributed by atoms with Gasteiger partial charge in [0.2, 0.25) is 0 Å². The lowest BCUT2D eigenvalue weighted by Crippen LogP contribution is -2.38. The molecule has 1 N–H and O–H groups in total. The summed E-state index contributed by atoms with van der Waals surface area (Å²) in [6.07, 6.45) is 0.420. The fourth-order valence-corrected chi connectivity index (χ4v) is 5.21. The minimum atomic E-state index is -3.06. The van der Waals surface area contributed by atoms with Gasteiger partial charge in [-0.25, -0.2) is 13.2 Å². The summed E-state index contributed by atoms with van der Waals surface area (Å²) in [5.74, 6) is 0.613. The maximum absolute atomic E-state index is 12.5. The quantitative estimate of drug-likeness (QED) is 0.581. The topological polar surface area (TPSA) is 112 Å². The van der Waals surface area contributed by atoms with Crippen molar-refractivity contribution in [3.63, 3.8) is 0 Å². The van der Waals surface area contributed by atoms with Crippen molar-refractivity contribution in [2.75, 3.05) is 25.2 Å². The summed E-state index contributed by atoms with van der Waals surface area (Å²) >= 11 is 0. The molecule has 4 rings (SSSR count). The summed E-state index contributed by atoms with van der Waals surface area (Å²) < 4.78 is 39.1. The smallest absolute Gasteiger partial charge is 0.344 e. The van der Waals surface area contributed by atoms with Crippen molar-refractivity contribution in [1.29, 1.82) is 0 Å². The molecule has 9 heteroatoms. The minimum absolute atomic E-state index is 0.0341. The second kappa shape index (κ2) is 8.43. The number of benzene rings is 2. The molecule has 0 spiro atoms. The molecule has 1 atom stereocenters. The van der Waals surface area contributed by atoms with E-state index >= 15 is 0 Å². The van der Waals surface area contributed by atoms with Gasteiger partial charge in [-0.1, -0.05) is 24.3 Å². The number of amides is 1. The Morgan fingerprint density at radius 3 is 2.65 bits per heavy atom. The maximum Gasteiger partial charge on any atom is 0.344 e. The van der Waals surface area contributed by atoms with E-state index in [2.05, 4.69) is 5.32 Å². The van der Waals surface area contributed by atoms with Crippen LogP contribution in [0, 0.1) is 0 Å². The van der Waals surface area contributed by atoms with Crippen LogP contribution in [0.1, 0.15) is 6.42 Å². The molecule has 0 radical (unpaired) electrons. The molecular weight excluding hydrogens is 422 g/mol. The highest BCUT2D eigenvalue weighted by Gasteiger charge is 2.28. The minimum Gasteiger partial charge on any atom is -0.493 e. The standard InChI is InChI=1S/C22H21NO7S/c1-28-19-4-2-3-15-11-18(22(25)30-21(15)19)14-5-7-17(8-6-14)29-12-20(24)23-16-9-10-31(26,27)13-16/h2-8,11,16H,9-10,12-13H2,1H3,(H,23,24)/t16-/m1/s1. The highest BCUT2D eigenvalue weighted by Crippen LogP contribution is 2.28. The number of fused-ring (bicyclic) bond motifs is 1. The number of para-hydroxylation sites is 1. The van der Waals surface area contributed by atoms with Gasteiger partial charge in [-0.05, 0) is 36.2 Å². The molecule has 1 saturated heterocycles. The van der Waals surface area contributed by atoms with E-state index in [9.17, 15) is 18.0 Å². The summed E-state index contributed by atoms with van der Waals surface area (Å²) in [6, 6.07) is 13.4. The number of ether oxygens (including phenoxy) is 2. The molecule has 0 bridgehead atoms. The van der Waals surface area contributed by atoms with Crippen LogP contribution in [0.15, 0.2) is 57.7 Å². The SMILES string of the molecule is COc1cccc2cc(-c3ccc(OCC(=O)N[C@@H]4CCS(=O)(=O)C4)cc3)c(=O)oc12. The van der Waals surface area contributed by atoms with Gasteiger partial charge in [-0.3, -0.25) is 4.79 Å². The molecule has 0 unspecified atom stereocenters. The summed E-state index contributed by atoms with van der Waals surface area (Å²) in [5.41, 5.74) is 0.940. The van der Waals surface area contributed by atoms with Crippen molar-refractivity contribution in [2.24, 2.45) is 0 Å². The normalized spacial score (nSPS) is 17.4. The van der Waals surface area contributed by atoms with Gasteiger partial charge in [0.15, 0.2) is 27.8 Å². The number of methoxy groups -OCH3 is 1. The molecule has 0 aliphatic carbocycles. The van der Waals surface area contributed by atoms with Gasteiger partial charge in [0.1, 0.15) is 5.75 Å². The van der Waals surface area contributed by atoms with E-state index in [0.717, 1.165) is 5.39 Å². The van der Waals surface area contributed by atoms with Crippen LogP contribution >= 0.6 is 0 Å². The molecule has 162 valence electrons. The highest BCUT2D eigenvalue weighted by atomic mass is 32.2. The number of carbonyl (C=O) groups is 1. The Kier molecular flexibility index (Phi) is 5.69. The molecular formula is C22H21NO7S.